The van der Waals surface area contributed by atoms with Crippen molar-refractivity contribution >= 4 is 10.8 Å². The summed E-state index contributed by atoms with van der Waals surface area (Å²) in [4.78, 5) is 0. The maximum Gasteiger partial charge on any atom is 0.115 e. The van der Waals surface area contributed by atoms with Crippen LogP contribution in [-0.4, -0.2) is 15.6 Å². The monoisotopic (exact) mass is 170 g/mol. The largest absolute Gasteiger partial charge is 0.508 e. The summed E-state index contributed by atoms with van der Waals surface area (Å²) in [5.74, 6) is 0.738. The first-order valence-electron chi connectivity index (χ1n) is 3.26. The van der Waals surface area contributed by atoms with E-state index in [0.29, 0.717) is 5.75 Å². The second kappa shape index (κ2) is 3.53. The molecule has 0 aliphatic carbocycles. The summed E-state index contributed by atoms with van der Waals surface area (Å²) in [5.41, 5.74) is 0.908. The summed E-state index contributed by atoms with van der Waals surface area (Å²) >= 11 is 0. The first-order chi connectivity index (χ1) is 5.18. The number of benzene rings is 1. The minimum atomic E-state index is -0.836. The van der Waals surface area contributed by atoms with Gasteiger partial charge in [-0.15, -0.1) is 0 Å². The molecule has 1 N–H and O–H groups in total. The molecule has 11 heavy (non-hydrogen) atoms. The first-order valence-corrected chi connectivity index (χ1v) is 4.99. The molecule has 1 aromatic rings. The molecule has 1 atom stereocenters. The van der Waals surface area contributed by atoms with Crippen molar-refractivity contribution in [3.63, 3.8) is 0 Å². The second-order valence-corrected chi connectivity index (χ2v) is 3.82. The molecule has 0 aliphatic heterocycles. The van der Waals surface area contributed by atoms with Gasteiger partial charge in [-0.1, -0.05) is 12.1 Å². The smallest absolute Gasteiger partial charge is 0.115 e. The number of hydrogen-bond donors (Lipinski definition) is 1. The van der Waals surface area contributed by atoms with Gasteiger partial charge in [0.05, 0.1) is 0 Å². The fraction of sp³-hybridized carbons (Fsp3) is 0.250. The van der Waals surface area contributed by atoms with Crippen LogP contribution in [0.15, 0.2) is 24.3 Å². The van der Waals surface area contributed by atoms with E-state index < -0.39 is 10.8 Å². The van der Waals surface area contributed by atoms with Gasteiger partial charge in [0.15, 0.2) is 0 Å². The van der Waals surface area contributed by atoms with Crippen LogP contribution in [0.2, 0.25) is 0 Å². The van der Waals surface area contributed by atoms with Crippen molar-refractivity contribution in [3.05, 3.63) is 29.8 Å². The molecule has 0 radical (unpaired) electrons. The van der Waals surface area contributed by atoms with Gasteiger partial charge in [-0.25, -0.2) is 0 Å². The molecular weight excluding hydrogens is 160 g/mol. The zero-order valence-corrected chi connectivity index (χ0v) is 7.10. The third kappa shape index (κ3) is 2.72. The van der Waals surface area contributed by atoms with E-state index in [2.05, 4.69) is 0 Å². The molecule has 0 saturated heterocycles. The molecule has 60 valence electrons. The van der Waals surface area contributed by atoms with Gasteiger partial charge in [0.25, 0.3) is 0 Å². The minimum Gasteiger partial charge on any atom is -0.508 e. The molecule has 1 unspecified atom stereocenters. The summed E-state index contributed by atoms with van der Waals surface area (Å²) in [6.07, 6.45) is 1.64. The quantitative estimate of drug-likeness (QED) is 0.725. The van der Waals surface area contributed by atoms with E-state index in [1.54, 1.807) is 24.5 Å². The van der Waals surface area contributed by atoms with E-state index >= 15 is 0 Å². The Kier molecular flexibility index (Phi) is 2.65. The van der Waals surface area contributed by atoms with E-state index in [4.69, 9.17) is 5.11 Å². The number of aromatic hydroxyl groups is 1. The Bertz CT molecular complexity index is 271. The Balaban J connectivity index is 2.79. The van der Waals surface area contributed by atoms with Crippen LogP contribution in [0.4, 0.5) is 0 Å². The van der Waals surface area contributed by atoms with Crippen molar-refractivity contribution in [2.45, 2.75) is 5.75 Å². The van der Waals surface area contributed by atoms with Crippen molar-refractivity contribution in [1.29, 1.82) is 0 Å². The number of rotatable bonds is 2. The zero-order valence-electron chi connectivity index (χ0n) is 6.28. The topological polar surface area (TPSA) is 37.3 Å². The summed E-state index contributed by atoms with van der Waals surface area (Å²) in [5, 5.41) is 9.03. The normalized spacial score (nSPS) is 12.8. The van der Waals surface area contributed by atoms with Crippen LogP contribution in [0.3, 0.4) is 0 Å². The van der Waals surface area contributed by atoms with Crippen LogP contribution in [0.5, 0.6) is 5.75 Å². The lowest BCUT2D eigenvalue weighted by molar-refractivity contribution is 0.475. The van der Waals surface area contributed by atoms with E-state index in [9.17, 15) is 4.21 Å². The standard InChI is InChI=1S/C8H10O2S/c1-11(10)6-7-3-2-4-8(9)5-7/h2-5,9H,6H2,1H3. The molecule has 0 aromatic heterocycles. The highest BCUT2D eigenvalue weighted by atomic mass is 32.2. The van der Waals surface area contributed by atoms with Crippen LogP contribution >= 0.6 is 0 Å². The lowest BCUT2D eigenvalue weighted by Crippen LogP contribution is -1.90. The second-order valence-electron chi connectivity index (χ2n) is 2.39. The predicted molar refractivity (Wildman–Crippen MR) is 45.9 cm³/mol. The molecule has 3 heteroatoms. The third-order valence-electron chi connectivity index (χ3n) is 1.28. The molecule has 0 amide bonds. The van der Waals surface area contributed by atoms with E-state index in [-0.39, 0.29) is 5.75 Å². The number of phenols is 1. The Morgan fingerprint density at radius 2 is 2.27 bits per heavy atom. The van der Waals surface area contributed by atoms with E-state index in [0.717, 1.165) is 5.56 Å². The summed E-state index contributed by atoms with van der Waals surface area (Å²) in [6.45, 7) is 0. The predicted octanol–water partition coefficient (Wildman–Crippen LogP) is 1.27. The molecule has 0 heterocycles. The SMILES string of the molecule is CS(=O)Cc1cccc(O)c1. The average molecular weight is 170 g/mol. The van der Waals surface area contributed by atoms with Gasteiger partial charge < -0.3 is 5.11 Å². The molecule has 0 aliphatic rings. The van der Waals surface area contributed by atoms with Crippen LogP contribution in [-0.2, 0) is 16.6 Å². The van der Waals surface area contributed by atoms with Crippen molar-refractivity contribution in [2.75, 3.05) is 6.26 Å². The molecule has 0 saturated carbocycles. The fourth-order valence-corrected chi connectivity index (χ4v) is 1.53. The van der Waals surface area contributed by atoms with Crippen LogP contribution in [0.25, 0.3) is 0 Å². The van der Waals surface area contributed by atoms with Gasteiger partial charge in [-0.2, -0.15) is 0 Å². The molecular formula is C8H10O2S. The highest BCUT2D eigenvalue weighted by molar-refractivity contribution is 7.83. The molecule has 2 nitrogen and oxygen atoms in total. The maximum absolute atomic E-state index is 10.8. The van der Waals surface area contributed by atoms with Crippen LogP contribution in [0, 0.1) is 0 Å². The van der Waals surface area contributed by atoms with Gasteiger partial charge in [0.2, 0.25) is 0 Å². The van der Waals surface area contributed by atoms with Crippen molar-refractivity contribution in [2.24, 2.45) is 0 Å². The van der Waals surface area contributed by atoms with Crippen molar-refractivity contribution < 1.29 is 9.32 Å². The van der Waals surface area contributed by atoms with Gasteiger partial charge in [-0.05, 0) is 17.7 Å². The van der Waals surface area contributed by atoms with Gasteiger partial charge in [0, 0.05) is 22.8 Å². The van der Waals surface area contributed by atoms with E-state index in [1.807, 2.05) is 6.07 Å². The Morgan fingerprint density at radius 1 is 1.55 bits per heavy atom. The summed E-state index contributed by atoms with van der Waals surface area (Å²) in [7, 11) is -0.836. The van der Waals surface area contributed by atoms with Crippen LogP contribution in [0.1, 0.15) is 5.56 Å². The van der Waals surface area contributed by atoms with Gasteiger partial charge in [-0.3, -0.25) is 4.21 Å². The molecule has 1 rings (SSSR count). The van der Waals surface area contributed by atoms with E-state index in [1.165, 1.54) is 0 Å². The van der Waals surface area contributed by atoms with Crippen molar-refractivity contribution in [3.8, 4) is 5.75 Å². The molecule has 0 fully saturated rings. The number of phenolic OH excluding ortho intramolecular Hbond substituents is 1. The number of hydrogen-bond acceptors (Lipinski definition) is 2. The average Bonchev–Trinajstić information content (AvgIpc) is 1.85. The maximum atomic E-state index is 10.8. The van der Waals surface area contributed by atoms with Crippen LogP contribution < -0.4 is 0 Å². The fourth-order valence-electron chi connectivity index (χ4n) is 0.881. The third-order valence-corrected chi connectivity index (χ3v) is 2.02. The Labute approximate surface area is 68.3 Å². The lowest BCUT2D eigenvalue weighted by Gasteiger charge is -1.97. The first kappa shape index (κ1) is 8.27. The Morgan fingerprint density at radius 3 is 2.82 bits per heavy atom. The summed E-state index contributed by atoms with van der Waals surface area (Å²) in [6, 6.07) is 6.82. The van der Waals surface area contributed by atoms with Crippen molar-refractivity contribution in [1.82, 2.24) is 0 Å². The summed E-state index contributed by atoms with van der Waals surface area (Å²) < 4.78 is 10.8. The lowest BCUT2D eigenvalue weighted by atomic mass is 10.2. The van der Waals surface area contributed by atoms with Gasteiger partial charge in [0.1, 0.15) is 5.75 Å². The molecule has 1 aromatic carbocycles. The molecule has 0 spiro atoms. The minimum absolute atomic E-state index is 0.230. The molecule has 0 bridgehead atoms. The highest BCUT2D eigenvalue weighted by Gasteiger charge is 1.95. The zero-order chi connectivity index (χ0) is 8.27. The highest BCUT2D eigenvalue weighted by Crippen LogP contribution is 2.11. The Hall–Kier alpha value is -0.830. The van der Waals surface area contributed by atoms with Gasteiger partial charge >= 0.3 is 0 Å².